The molecule has 6 rings (SSSR count). The summed E-state index contributed by atoms with van der Waals surface area (Å²) in [5, 5.41) is 10.6. The molecule has 3 aliphatic rings. The van der Waals surface area contributed by atoms with Crippen LogP contribution in [0.25, 0.3) is 5.69 Å². The van der Waals surface area contributed by atoms with E-state index in [9.17, 15) is 24.3 Å². The third-order valence-electron chi connectivity index (χ3n) is 7.32. The third-order valence-corrected chi connectivity index (χ3v) is 10.3. The van der Waals surface area contributed by atoms with Crippen LogP contribution in [0.15, 0.2) is 87.4 Å². The molecule has 0 radical (unpaired) electrons. The van der Waals surface area contributed by atoms with Crippen LogP contribution in [0, 0.1) is 0 Å². The van der Waals surface area contributed by atoms with E-state index in [2.05, 4.69) is 31.9 Å². The van der Waals surface area contributed by atoms with Crippen LogP contribution >= 0.6 is 54.5 Å². The first-order valence-electron chi connectivity index (χ1n) is 11.8. The molecule has 2 aromatic carbocycles. The quantitative estimate of drug-likeness (QED) is 0.239. The predicted molar refractivity (Wildman–Crippen MR) is 158 cm³/mol. The highest BCUT2D eigenvalue weighted by Crippen LogP contribution is 2.54. The molecule has 1 aromatic heterocycles. The third kappa shape index (κ3) is 3.82. The van der Waals surface area contributed by atoms with Gasteiger partial charge in [-0.05, 0) is 83.8 Å². The van der Waals surface area contributed by atoms with Gasteiger partial charge in [-0.25, -0.2) is 23.5 Å². The van der Waals surface area contributed by atoms with Crippen molar-refractivity contribution in [3.63, 3.8) is 0 Å². The molecule has 9 nitrogen and oxygen atoms in total. The van der Waals surface area contributed by atoms with Gasteiger partial charge in [-0.15, -0.1) is 0 Å². The number of rotatable bonds is 3. The number of carbonyl (C=O) groups is 2. The number of aromatic hydroxyl groups is 1. The number of aromatic nitrogens is 3. The number of benzene rings is 2. The minimum Gasteiger partial charge on any atom is -0.503 e. The second kappa shape index (κ2) is 9.59. The molecule has 0 saturated carbocycles. The largest absolute Gasteiger partial charge is 0.503 e. The van der Waals surface area contributed by atoms with Gasteiger partial charge in [0.15, 0.2) is 23.1 Å². The number of hydrogen-bond donors (Lipinski definition) is 1. The monoisotopic (exact) mass is 765 g/mol. The number of hydrogen-bond acceptors (Lipinski definition) is 6. The fraction of sp³-hybridized carbons (Fsp3) is 0.185. The van der Waals surface area contributed by atoms with E-state index in [4.69, 9.17) is 4.74 Å². The maximum atomic E-state index is 13.8. The van der Waals surface area contributed by atoms with Crippen molar-refractivity contribution in [1.82, 2.24) is 13.9 Å². The molecule has 0 spiro atoms. The molecule has 1 aliphatic heterocycles. The summed E-state index contributed by atoms with van der Waals surface area (Å²) in [7, 11) is 1.42. The fourth-order valence-corrected chi connectivity index (χ4v) is 7.13. The lowest BCUT2D eigenvalue weighted by atomic mass is 9.69. The van der Waals surface area contributed by atoms with Crippen molar-refractivity contribution < 1.29 is 19.4 Å². The summed E-state index contributed by atoms with van der Waals surface area (Å²) >= 11 is 8.82. The van der Waals surface area contributed by atoms with Gasteiger partial charge in [-0.3, -0.25) is 9.59 Å². The molecule has 0 bridgehead atoms. The molecule has 2 heterocycles. The van der Waals surface area contributed by atoms with Crippen LogP contribution in [0.1, 0.15) is 23.9 Å². The summed E-state index contributed by atoms with van der Waals surface area (Å²) in [4.78, 5) is 54.1. The van der Waals surface area contributed by atoms with E-state index in [1.807, 2.05) is 28.7 Å². The van der Waals surface area contributed by atoms with Crippen LogP contribution in [-0.2, 0) is 16.1 Å². The zero-order valence-electron chi connectivity index (χ0n) is 20.2. The van der Waals surface area contributed by atoms with E-state index < -0.39 is 23.3 Å². The maximum absolute atomic E-state index is 13.8. The molecule has 2 atom stereocenters. The molecule has 0 fully saturated rings. The van der Waals surface area contributed by atoms with Gasteiger partial charge in [0.25, 0.3) is 0 Å². The van der Waals surface area contributed by atoms with Crippen LogP contribution in [0.5, 0.6) is 11.5 Å². The molecular weight excluding hydrogens is 749 g/mol. The zero-order valence-corrected chi connectivity index (χ0v) is 25.5. The lowest BCUT2D eigenvalue weighted by Crippen LogP contribution is -2.40. The number of halogens is 3. The van der Waals surface area contributed by atoms with E-state index in [-0.39, 0.29) is 36.0 Å². The SMILES string of the molecule is COc1cc(C2C3=CCn4c(=O)n(-c5ccccc5)c(=O)n4C3CC3=C2C(=O)C(I)=CC3=O)c(Br)c(Br)c1O. The molecule has 12 heteroatoms. The number of ether oxygens (including phenoxy) is 1. The number of fused-ring (bicyclic) bond motifs is 3. The summed E-state index contributed by atoms with van der Waals surface area (Å²) in [6, 6.07) is 9.57. The standard InChI is InChI=1S/C27H18Br2IN3O6/c1-39-19-10-15(22(28)23(29)25(19)36)20-13-7-8-31-26(37)32(12-5-3-2-4-6-12)27(38)33(31)17(13)9-14-18(34)11-16(30)24(35)21(14)20/h2-7,10-11,17,20,36H,8-9H2,1H3. The van der Waals surface area contributed by atoms with Crippen LogP contribution in [0.4, 0.5) is 0 Å². The van der Waals surface area contributed by atoms with Crippen LogP contribution < -0.4 is 16.1 Å². The van der Waals surface area contributed by atoms with E-state index in [1.165, 1.54) is 22.5 Å². The van der Waals surface area contributed by atoms with Gasteiger partial charge >= 0.3 is 11.4 Å². The summed E-state index contributed by atoms with van der Waals surface area (Å²) < 4.78 is 10.3. The molecule has 1 N–H and O–H groups in total. The normalized spacial score (nSPS) is 20.2. The van der Waals surface area contributed by atoms with E-state index >= 15 is 0 Å². The highest BCUT2D eigenvalue weighted by Gasteiger charge is 2.46. The van der Waals surface area contributed by atoms with Gasteiger partial charge in [0, 0.05) is 34.0 Å². The number of phenols is 1. The molecule has 39 heavy (non-hydrogen) atoms. The average Bonchev–Trinajstić information content (AvgIpc) is 3.20. The molecular formula is C27H18Br2IN3O6. The van der Waals surface area contributed by atoms with Crippen LogP contribution in [0.3, 0.4) is 0 Å². The molecule has 2 aliphatic carbocycles. The lowest BCUT2D eigenvalue weighted by Gasteiger charge is -2.40. The van der Waals surface area contributed by atoms with Gasteiger partial charge in [-0.1, -0.05) is 24.3 Å². The lowest BCUT2D eigenvalue weighted by molar-refractivity contribution is -0.115. The number of Topliss-reactive ketones (excluding diaryl/α,β-unsaturated/α-hetero) is 1. The summed E-state index contributed by atoms with van der Waals surface area (Å²) in [6.45, 7) is 0.0991. The summed E-state index contributed by atoms with van der Waals surface area (Å²) in [5.41, 5.74) is 1.30. The first-order valence-corrected chi connectivity index (χ1v) is 14.5. The number of nitrogens with zero attached hydrogens (tertiary/aromatic N) is 3. The Kier molecular flexibility index (Phi) is 6.46. The Hall–Kier alpha value is -2.97. The Morgan fingerprint density at radius 1 is 1.05 bits per heavy atom. The Bertz CT molecular complexity index is 1830. The van der Waals surface area contributed by atoms with Gasteiger partial charge in [-0.2, -0.15) is 0 Å². The van der Waals surface area contributed by atoms with Gasteiger partial charge < -0.3 is 9.84 Å². The summed E-state index contributed by atoms with van der Waals surface area (Å²) in [5.74, 6) is -1.29. The molecule has 0 saturated heterocycles. The molecule has 198 valence electrons. The van der Waals surface area contributed by atoms with Crippen molar-refractivity contribution in [1.29, 1.82) is 0 Å². The fourth-order valence-electron chi connectivity index (χ4n) is 5.60. The first-order chi connectivity index (χ1) is 18.6. The first kappa shape index (κ1) is 26.3. The van der Waals surface area contributed by atoms with Gasteiger partial charge in [0.2, 0.25) is 0 Å². The molecule has 2 unspecified atom stereocenters. The smallest absolute Gasteiger partial charge is 0.352 e. The zero-order chi connectivity index (χ0) is 27.7. The minimum atomic E-state index is -0.746. The van der Waals surface area contributed by atoms with Crippen molar-refractivity contribution in [3.05, 3.63) is 104 Å². The number of carbonyl (C=O) groups excluding carboxylic acids is 2. The van der Waals surface area contributed by atoms with Crippen LogP contribution in [0.2, 0.25) is 0 Å². The average molecular weight is 767 g/mol. The predicted octanol–water partition coefficient (Wildman–Crippen LogP) is 4.48. The maximum Gasteiger partial charge on any atom is 0.352 e. The number of methoxy groups -OCH3 is 1. The summed E-state index contributed by atoms with van der Waals surface area (Å²) in [6.07, 6.45) is 3.23. The van der Waals surface area contributed by atoms with Gasteiger partial charge in [0.1, 0.15) is 0 Å². The van der Waals surface area contributed by atoms with Crippen molar-refractivity contribution in [3.8, 4) is 17.2 Å². The number of ketones is 2. The van der Waals surface area contributed by atoms with Gasteiger partial charge in [0.05, 0.1) is 33.4 Å². The van der Waals surface area contributed by atoms with Crippen molar-refractivity contribution in [2.24, 2.45) is 0 Å². The second-order valence-corrected chi connectivity index (χ2v) is 12.0. The highest BCUT2D eigenvalue weighted by atomic mass is 127. The Labute approximate surface area is 251 Å². The second-order valence-electron chi connectivity index (χ2n) is 9.24. The molecule has 0 amide bonds. The van der Waals surface area contributed by atoms with Crippen LogP contribution in [-0.4, -0.2) is 37.7 Å². The van der Waals surface area contributed by atoms with E-state index in [1.54, 1.807) is 36.4 Å². The Morgan fingerprint density at radius 3 is 2.46 bits per heavy atom. The van der Waals surface area contributed by atoms with Crippen molar-refractivity contribution in [2.75, 3.05) is 7.11 Å². The number of allylic oxidation sites excluding steroid dienone is 6. The Morgan fingerprint density at radius 2 is 1.77 bits per heavy atom. The highest BCUT2D eigenvalue weighted by molar-refractivity contribution is 14.1. The Balaban J connectivity index is 1.63. The number of phenolic OH excluding ortho intramolecular Hbond substituents is 1. The molecule has 3 aromatic rings. The van der Waals surface area contributed by atoms with E-state index in [0.717, 1.165) is 4.57 Å². The number of para-hydroxylation sites is 1. The van der Waals surface area contributed by atoms with E-state index in [0.29, 0.717) is 40.5 Å². The topological polar surface area (TPSA) is 113 Å². The van der Waals surface area contributed by atoms with Crippen molar-refractivity contribution in [2.45, 2.75) is 24.9 Å². The minimum absolute atomic E-state index is 0.0782. The van der Waals surface area contributed by atoms with Crippen molar-refractivity contribution >= 4 is 66.0 Å².